The van der Waals surface area contributed by atoms with Crippen molar-refractivity contribution in [1.29, 1.82) is 0 Å². The van der Waals surface area contributed by atoms with Gasteiger partial charge >= 0.3 is 0 Å². The maximum atomic E-state index is 2.90. The Kier molecular flexibility index (Phi) is 11.9. The third kappa shape index (κ3) is 8.16. The van der Waals surface area contributed by atoms with E-state index in [-0.39, 0.29) is 61.0 Å². The van der Waals surface area contributed by atoms with Gasteiger partial charge in [-0.25, -0.2) is 0 Å². The van der Waals surface area contributed by atoms with Crippen molar-refractivity contribution in [2.45, 2.75) is 251 Å². The van der Waals surface area contributed by atoms with Gasteiger partial charge in [0, 0.05) is 50.8 Å². The van der Waals surface area contributed by atoms with Crippen molar-refractivity contribution in [3.8, 4) is 11.1 Å². The normalized spacial score (nSPS) is 23.9. The van der Waals surface area contributed by atoms with Gasteiger partial charge in [-0.3, -0.25) is 0 Å². The van der Waals surface area contributed by atoms with E-state index in [1.54, 1.807) is 0 Å². The first-order valence-corrected chi connectivity index (χ1v) is 33.0. The van der Waals surface area contributed by atoms with Gasteiger partial charge in [0.25, 0.3) is 6.71 Å². The van der Waals surface area contributed by atoms with Crippen molar-refractivity contribution in [2.24, 2.45) is 0 Å². The lowest BCUT2D eigenvalue weighted by atomic mass is 9.33. The molecule has 7 aromatic carbocycles. The molecule has 0 N–H and O–H groups in total. The van der Waals surface area contributed by atoms with E-state index in [1.807, 2.05) is 0 Å². The maximum absolute atomic E-state index is 2.90. The Labute approximate surface area is 513 Å². The van der Waals surface area contributed by atoms with Crippen LogP contribution in [0.15, 0.2) is 121 Å². The largest absolute Gasteiger partial charge is 0.334 e. The predicted octanol–water partition coefficient (Wildman–Crippen LogP) is 20.4. The molecule has 2 unspecified atom stereocenters. The topological polar surface area (TPSA) is 9.72 Å². The molecule has 3 aliphatic heterocycles. The summed E-state index contributed by atoms with van der Waals surface area (Å²) in [5.74, 6) is 0. The summed E-state index contributed by atoms with van der Waals surface area (Å²) in [6, 6.07) is 50.6. The summed E-state index contributed by atoms with van der Waals surface area (Å²) in [4.78, 5) is 8.52. The van der Waals surface area contributed by atoms with Gasteiger partial charge in [-0.1, -0.05) is 211 Å². The van der Waals surface area contributed by atoms with Gasteiger partial charge in [-0.05, 0) is 222 Å². The third-order valence-electron chi connectivity index (χ3n) is 24.0. The van der Waals surface area contributed by atoms with E-state index in [0.29, 0.717) is 0 Å². The van der Waals surface area contributed by atoms with E-state index in [1.165, 1.54) is 162 Å². The molecule has 0 amide bonds. The van der Waals surface area contributed by atoms with Crippen molar-refractivity contribution in [2.75, 3.05) is 14.7 Å². The van der Waals surface area contributed by atoms with Crippen LogP contribution in [0.25, 0.3) is 11.1 Å². The molecule has 0 bridgehead atoms. The molecular formula is C81H98BN3. The van der Waals surface area contributed by atoms with Crippen LogP contribution in [0.5, 0.6) is 0 Å². The Morgan fingerprint density at radius 1 is 0.365 bits per heavy atom. The molecule has 3 nitrogen and oxygen atoms in total. The van der Waals surface area contributed by atoms with Crippen molar-refractivity contribution < 1.29 is 0 Å². The fourth-order valence-corrected chi connectivity index (χ4v) is 18.5. The van der Waals surface area contributed by atoms with E-state index in [4.69, 9.17) is 0 Å². The van der Waals surface area contributed by atoms with Gasteiger partial charge in [-0.15, -0.1) is 0 Å². The highest BCUT2D eigenvalue weighted by Gasteiger charge is 2.59. The first kappa shape index (κ1) is 56.8. The maximum Gasteiger partial charge on any atom is 0.252 e. The Bertz CT molecular complexity index is 3960. The number of hydrogen-bond donors (Lipinski definition) is 0. The van der Waals surface area contributed by atoms with E-state index >= 15 is 0 Å². The van der Waals surface area contributed by atoms with Crippen LogP contribution in [-0.4, -0.2) is 12.3 Å². The molecule has 440 valence electrons. The quantitative estimate of drug-likeness (QED) is 0.163. The summed E-state index contributed by atoms with van der Waals surface area (Å²) in [5, 5.41) is 0. The molecule has 7 aliphatic rings. The second-order valence-corrected chi connectivity index (χ2v) is 34.6. The fraction of sp³-hybridized carbons (Fsp3) is 0.481. The lowest BCUT2D eigenvalue weighted by molar-refractivity contribution is 0.195. The zero-order valence-corrected chi connectivity index (χ0v) is 55.8. The minimum absolute atomic E-state index is 0.00240. The van der Waals surface area contributed by atoms with Crippen LogP contribution in [0.2, 0.25) is 0 Å². The van der Waals surface area contributed by atoms with Crippen molar-refractivity contribution in [3.63, 3.8) is 0 Å². The highest BCUT2D eigenvalue weighted by Crippen LogP contribution is 2.63. The van der Waals surface area contributed by atoms with E-state index < -0.39 is 0 Å². The van der Waals surface area contributed by atoms with Crippen LogP contribution in [0.1, 0.15) is 246 Å². The zero-order chi connectivity index (χ0) is 60.5. The second-order valence-electron chi connectivity index (χ2n) is 34.6. The molecule has 4 heteroatoms. The van der Waals surface area contributed by atoms with Gasteiger partial charge in [0.05, 0.1) is 11.2 Å². The molecule has 0 saturated heterocycles. The number of benzene rings is 7. The standard InChI is InChI=1S/C81H98BN3/c1-72(2,3)51-28-32-65(55(40-51)50-26-22-21-23-27-50)84-68-48-61-59(78(15,16)49-79(61,17)18)46-64(68)82-63-45-58-60(77(13,14)39-38-76(58,11)12)47-67(63)83(53-30-31-56-57(42-53)75(9,10)37-36-74(56,7)8)69-43-54(44-70(84)71(69)82)85-66-33-29-52(73(4,5)6)41-62(66)80(19)34-24-25-35-81(80,85)20/h21-23,26-33,40-48H,24-25,34-39,49H2,1-20H3. The molecule has 1 fully saturated rings. The fourth-order valence-electron chi connectivity index (χ4n) is 18.5. The number of rotatable bonds is 4. The zero-order valence-electron chi connectivity index (χ0n) is 55.8. The Morgan fingerprint density at radius 3 is 1.44 bits per heavy atom. The highest BCUT2D eigenvalue weighted by molar-refractivity contribution is 7.00. The van der Waals surface area contributed by atoms with Crippen molar-refractivity contribution >= 4 is 68.6 Å². The summed E-state index contributed by atoms with van der Waals surface area (Å²) >= 11 is 0. The van der Waals surface area contributed by atoms with Crippen LogP contribution in [-0.2, 0) is 48.7 Å². The molecule has 14 rings (SSSR count). The molecule has 0 spiro atoms. The van der Waals surface area contributed by atoms with Crippen LogP contribution >= 0.6 is 0 Å². The number of nitrogens with zero attached hydrogens (tertiary/aromatic N) is 3. The minimum Gasteiger partial charge on any atom is -0.334 e. The van der Waals surface area contributed by atoms with Gasteiger partial charge in [0.2, 0.25) is 0 Å². The van der Waals surface area contributed by atoms with Gasteiger partial charge < -0.3 is 14.7 Å². The molecule has 85 heavy (non-hydrogen) atoms. The molecule has 7 aromatic rings. The monoisotopic (exact) mass is 1120 g/mol. The van der Waals surface area contributed by atoms with Crippen molar-refractivity contribution in [1.82, 2.24) is 0 Å². The smallest absolute Gasteiger partial charge is 0.252 e. The van der Waals surface area contributed by atoms with E-state index in [9.17, 15) is 0 Å². The SMILES string of the molecule is CC(C)(C)c1ccc(N2c3cc4c(cc3B3c5cc6c(cc5N(c5ccc7c(c5)C(C)(C)CCC7(C)C)c5cc(N7c8ccc(C(C)(C)C)cc8C8(C)CCCCC78C)cc2c53)C(C)(C)CCC6(C)C)C(C)(C)CC4(C)C)c(-c2ccccc2)c1. The van der Waals surface area contributed by atoms with Crippen LogP contribution < -0.4 is 31.1 Å². The van der Waals surface area contributed by atoms with Crippen LogP contribution in [0, 0.1) is 0 Å². The summed E-state index contributed by atoms with van der Waals surface area (Å²) in [5.41, 5.74) is 30.5. The second kappa shape index (κ2) is 17.8. The predicted molar refractivity (Wildman–Crippen MR) is 367 cm³/mol. The third-order valence-corrected chi connectivity index (χ3v) is 24.0. The average molecular weight is 1120 g/mol. The Balaban J connectivity index is 1.17. The lowest BCUT2D eigenvalue weighted by Gasteiger charge is -2.51. The Hall–Kier alpha value is -6.00. The Morgan fingerprint density at radius 2 is 0.847 bits per heavy atom. The summed E-state index contributed by atoms with van der Waals surface area (Å²) < 4.78 is 0. The molecular weight excluding hydrogens is 1030 g/mol. The highest BCUT2D eigenvalue weighted by atomic mass is 15.3. The molecule has 0 aromatic heterocycles. The average Bonchev–Trinajstić information content (AvgIpc) is 2.56. The van der Waals surface area contributed by atoms with Crippen LogP contribution in [0.4, 0.5) is 45.5 Å². The van der Waals surface area contributed by atoms with Gasteiger partial charge in [0.1, 0.15) is 0 Å². The number of hydrogen-bond acceptors (Lipinski definition) is 3. The molecule has 3 heterocycles. The summed E-state index contributed by atoms with van der Waals surface area (Å²) in [6.45, 7) is 49.7. The minimum atomic E-state index is -0.171. The van der Waals surface area contributed by atoms with Gasteiger partial charge in [0.15, 0.2) is 0 Å². The van der Waals surface area contributed by atoms with Gasteiger partial charge in [-0.2, -0.15) is 0 Å². The molecule has 4 aliphatic carbocycles. The van der Waals surface area contributed by atoms with E-state index in [0.717, 1.165) is 19.3 Å². The lowest BCUT2D eigenvalue weighted by Crippen LogP contribution is -2.62. The first-order chi connectivity index (χ1) is 39.6. The molecule has 2 atom stereocenters. The number of anilines is 8. The van der Waals surface area contributed by atoms with Crippen LogP contribution in [0.3, 0.4) is 0 Å². The van der Waals surface area contributed by atoms with Crippen molar-refractivity contribution in [3.05, 3.63) is 171 Å². The summed E-state index contributed by atoms with van der Waals surface area (Å²) in [7, 11) is 0. The first-order valence-electron chi connectivity index (χ1n) is 33.0. The summed E-state index contributed by atoms with van der Waals surface area (Å²) in [6.07, 6.45) is 10.6. The number of fused-ring (bicyclic) bond motifs is 10. The molecule has 1 saturated carbocycles. The van der Waals surface area contributed by atoms with E-state index in [2.05, 4.69) is 275 Å². The molecule has 0 radical (unpaired) electrons.